The van der Waals surface area contributed by atoms with E-state index < -0.39 is 0 Å². The molecular formula is C20H21ClN2O4. The fourth-order valence-electron chi connectivity index (χ4n) is 2.36. The third-order valence-electron chi connectivity index (χ3n) is 3.61. The molecule has 0 aliphatic carbocycles. The summed E-state index contributed by atoms with van der Waals surface area (Å²) in [5.74, 6) is 1.44. The van der Waals surface area contributed by atoms with Crippen LogP contribution in [0.2, 0.25) is 5.02 Å². The van der Waals surface area contributed by atoms with E-state index >= 15 is 0 Å². The number of halogens is 1. The summed E-state index contributed by atoms with van der Waals surface area (Å²) in [6, 6.07) is 14.9. The van der Waals surface area contributed by atoms with Crippen molar-refractivity contribution < 1.29 is 19.0 Å². The van der Waals surface area contributed by atoms with Crippen molar-refractivity contribution in [2.45, 2.75) is 12.8 Å². The van der Waals surface area contributed by atoms with Crippen molar-refractivity contribution >= 4 is 17.5 Å². The van der Waals surface area contributed by atoms with Gasteiger partial charge in [0.05, 0.1) is 18.2 Å². The van der Waals surface area contributed by atoms with Gasteiger partial charge >= 0.3 is 0 Å². The summed E-state index contributed by atoms with van der Waals surface area (Å²) >= 11 is 6.32. The van der Waals surface area contributed by atoms with Gasteiger partial charge in [-0.15, -0.1) is 0 Å². The van der Waals surface area contributed by atoms with Gasteiger partial charge in [0.1, 0.15) is 25.4 Å². The number of carbonyl (C=O) groups excluding carboxylic acids is 1. The number of carbonyl (C=O) groups is 1. The summed E-state index contributed by atoms with van der Waals surface area (Å²) in [7, 11) is 1.54. The molecule has 27 heavy (non-hydrogen) atoms. The number of benzene rings is 2. The molecule has 0 heterocycles. The van der Waals surface area contributed by atoms with Crippen LogP contribution in [0.4, 0.5) is 0 Å². The van der Waals surface area contributed by atoms with Crippen molar-refractivity contribution in [2.75, 3.05) is 26.9 Å². The second kappa shape index (κ2) is 10.9. The van der Waals surface area contributed by atoms with E-state index in [0.29, 0.717) is 42.7 Å². The van der Waals surface area contributed by atoms with Gasteiger partial charge in [0.25, 0.3) is 0 Å². The number of methoxy groups -OCH3 is 1. The predicted molar refractivity (Wildman–Crippen MR) is 102 cm³/mol. The van der Waals surface area contributed by atoms with Crippen LogP contribution in [0, 0.1) is 11.3 Å². The minimum Gasteiger partial charge on any atom is -0.493 e. The minimum absolute atomic E-state index is 0.151. The molecule has 1 amide bonds. The Kier molecular flexibility index (Phi) is 8.27. The molecule has 0 spiro atoms. The van der Waals surface area contributed by atoms with Crippen LogP contribution < -0.4 is 19.5 Å². The first kappa shape index (κ1) is 20.4. The molecule has 2 rings (SSSR count). The summed E-state index contributed by atoms with van der Waals surface area (Å²) < 4.78 is 16.7. The van der Waals surface area contributed by atoms with Crippen molar-refractivity contribution in [1.82, 2.24) is 5.32 Å². The molecule has 0 fully saturated rings. The van der Waals surface area contributed by atoms with E-state index in [1.807, 2.05) is 36.4 Å². The van der Waals surface area contributed by atoms with Crippen LogP contribution in [0.25, 0.3) is 0 Å². The Labute approximate surface area is 163 Å². The van der Waals surface area contributed by atoms with Gasteiger partial charge in [0.2, 0.25) is 5.91 Å². The van der Waals surface area contributed by atoms with Crippen molar-refractivity contribution in [2.24, 2.45) is 0 Å². The topological polar surface area (TPSA) is 80.6 Å². The van der Waals surface area contributed by atoms with E-state index in [-0.39, 0.29) is 12.3 Å². The SMILES string of the molecule is COc1cc(CCNC(=O)CC#N)cc(Cl)c1OCCOc1ccccc1. The Morgan fingerprint density at radius 2 is 1.93 bits per heavy atom. The zero-order valence-corrected chi connectivity index (χ0v) is 15.8. The standard InChI is InChI=1S/C20H21ClN2O4/c1-25-18-14-15(8-10-23-19(24)7-9-22)13-17(21)20(18)27-12-11-26-16-5-3-2-4-6-16/h2-6,13-14H,7-8,10-12H2,1H3,(H,23,24). The Morgan fingerprint density at radius 3 is 2.63 bits per heavy atom. The lowest BCUT2D eigenvalue weighted by Gasteiger charge is -2.15. The van der Waals surface area contributed by atoms with Gasteiger partial charge in [-0.25, -0.2) is 0 Å². The lowest BCUT2D eigenvalue weighted by atomic mass is 10.1. The third-order valence-corrected chi connectivity index (χ3v) is 3.89. The van der Waals surface area contributed by atoms with Crippen LogP contribution in [-0.4, -0.2) is 32.8 Å². The number of amides is 1. The van der Waals surface area contributed by atoms with Gasteiger partial charge in [-0.3, -0.25) is 4.79 Å². The summed E-state index contributed by atoms with van der Waals surface area (Å²) in [5, 5.41) is 11.6. The maximum atomic E-state index is 11.3. The van der Waals surface area contributed by atoms with Crippen molar-refractivity contribution in [3.8, 4) is 23.3 Å². The number of rotatable bonds is 10. The van der Waals surface area contributed by atoms with Crippen molar-refractivity contribution in [3.63, 3.8) is 0 Å². The number of hydrogen-bond donors (Lipinski definition) is 1. The van der Waals surface area contributed by atoms with E-state index in [1.165, 1.54) is 7.11 Å². The molecule has 1 N–H and O–H groups in total. The summed E-state index contributed by atoms with van der Waals surface area (Å²) in [5.41, 5.74) is 0.891. The number of nitriles is 1. The largest absolute Gasteiger partial charge is 0.493 e. The maximum absolute atomic E-state index is 11.3. The van der Waals surface area contributed by atoms with Gasteiger partial charge < -0.3 is 19.5 Å². The zero-order valence-electron chi connectivity index (χ0n) is 15.0. The number of nitrogens with zero attached hydrogens (tertiary/aromatic N) is 1. The van der Waals surface area contributed by atoms with E-state index in [4.69, 9.17) is 31.1 Å². The molecule has 0 atom stereocenters. The van der Waals surface area contributed by atoms with Gasteiger partial charge in [0.15, 0.2) is 11.5 Å². The molecule has 0 saturated heterocycles. The van der Waals surface area contributed by atoms with Gasteiger partial charge in [-0.1, -0.05) is 29.8 Å². The van der Waals surface area contributed by atoms with Crippen LogP contribution in [-0.2, 0) is 11.2 Å². The molecule has 0 saturated carbocycles. The highest BCUT2D eigenvalue weighted by Gasteiger charge is 2.12. The third kappa shape index (κ3) is 6.72. The first-order valence-electron chi connectivity index (χ1n) is 8.44. The Bertz CT molecular complexity index is 791. The van der Waals surface area contributed by atoms with E-state index in [9.17, 15) is 4.79 Å². The zero-order chi connectivity index (χ0) is 19.5. The summed E-state index contributed by atoms with van der Waals surface area (Å²) in [6.07, 6.45) is 0.409. The van der Waals surface area contributed by atoms with E-state index in [0.717, 1.165) is 11.3 Å². The quantitative estimate of drug-likeness (QED) is 0.631. The molecule has 0 unspecified atom stereocenters. The fourth-order valence-corrected chi connectivity index (χ4v) is 2.65. The van der Waals surface area contributed by atoms with Crippen molar-refractivity contribution in [1.29, 1.82) is 5.26 Å². The second-order valence-corrected chi connectivity index (χ2v) is 5.96. The molecule has 2 aromatic carbocycles. The number of hydrogen-bond acceptors (Lipinski definition) is 5. The number of ether oxygens (including phenoxy) is 3. The highest BCUT2D eigenvalue weighted by Crippen LogP contribution is 2.36. The smallest absolute Gasteiger partial charge is 0.234 e. The maximum Gasteiger partial charge on any atom is 0.234 e. The van der Waals surface area contributed by atoms with Crippen LogP contribution in [0.3, 0.4) is 0 Å². The Morgan fingerprint density at radius 1 is 1.19 bits per heavy atom. The monoisotopic (exact) mass is 388 g/mol. The van der Waals surface area contributed by atoms with E-state index in [2.05, 4.69) is 5.32 Å². The first-order valence-corrected chi connectivity index (χ1v) is 8.82. The lowest BCUT2D eigenvalue weighted by molar-refractivity contribution is -0.120. The molecule has 0 aliphatic rings. The average molecular weight is 389 g/mol. The number of para-hydroxylation sites is 1. The highest BCUT2D eigenvalue weighted by molar-refractivity contribution is 6.32. The van der Waals surface area contributed by atoms with E-state index in [1.54, 1.807) is 12.1 Å². The minimum atomic E-state index is -0.297. The predicted octanol–water partition coefficient (Wildman–Crippen LogP) is 3.38. The Balaban J connectivity index is 1.89. The van der Waals surface area contributed by atoms with Crippen LogP contribution in [0.5, 0.6) is 17.2 Å². The van der Waals surface area contributed by atoms with Gasteiger partial charge in [-0.05, 0) is 36.2 Å². The fraction of sp³-hybridized carbons (Fsp3) is 0.300. The lowest BCUT2D eigenvalue weighted by Crippen LogP contribution is -2.24. The summed E-state index contributed by atoms with van der Waals surface area (Å²) in [4.78, 5) is 11.3. The van der Waals surface area contributed by atoms with Crippen molar-refractivity contribution in [3.05, 3.63) is 53.1 Å². The molecule has 0 aliphatic heterocycles. The molecule has 0 aromatic heterocycles. The van der Waals surface area contributed by atoms with Crippen LogP contribution >= 0.6 is 11.6 Å². The highest BCUT2D eigenvalue weighted by atomic mass is 35.5. The molecule has 2 aromatic rings. The van der Waals surface area contributed by atoms with Crippen LogP contribution in [0.1, 0.15) is 12.0 Å². The molecule has 7 heteroatoms. The second-order valence-electron chi connectivity index (χ2n) is 5.55. The Hall–Kier alpha value is -2.91. The van der Waals surface area contributed by atoms with Crippen LogP contribution in [0.15, 0.2) is 42.5 Å². The molecule has 142 valence electrons. The number of nitrogens with one attached hydrogen (secondary N) is 1. The molecular weight excluding hydrogens is 368 g/mol. The summed E-state index contributed by atoms with van der Waals surface area (Å²) in [6.45, 7) is 1.09. The molecule has 6 nitrogen and oxygen atoms in total. The average Bonchev–Trinajstić information content (AvgIpc) is 2.67. The van der Waals surface area contributed by atoms with Gasteiger partial charge in [0, 0.05) is 6.54 Å². The molecule has 0 radical (unpaired) electrons. The first-order chi connectivity index (χ1) is 13.1. The molecule has 0 bridgehead atoms. The normalized spacial score (nSPS) is 9.96. The van der Waals surface area contributed by atoms with Gasteiger partial charge in [-0.2, -0.15) is 5.26 Å².